The Balaban J connectivity index is 2.61. The van der Waals surface area contributed by atoms with Crippen molar-refractivity contribution in [1.29, 1.82) is 0 Å². The average molecular weight is 189 g/mol. The Labute approximate surface area is 83.7 Å². The van der Waals surface area contributed by atoms with E-state index in [2.05, 4.69) is 41.6 Å². The number of hydrogen-bond acceptors (Lipinski definition) is 2. The summed E-state index contributed by atoms with van der Waals surface area (Å²) in [6.07, 6.45) is 0. The van der Waals surface area contributed by atoms with Crippen molar-refractivity contribution < 1.29 is 0 Å². The summed E-state index contributed by atoms with van der Waals surface area (Å²) in [5.74, 6) is 0. The molecule has 0 unspecified atom stereocenters. The Morgan fingerprint density at radius 3 is 2.86 bits per heavy atom. The van der Waals surface area contributed by atoms with Gasteiger partial charge in [0.1, 0.15) is 0 Å². The highest BCUT2D eigenvalue weighted by Crippen LogP contribution is 2.17. The lowest BCUT2D eigenvalue weighted by atomic mass is 10.2. The van der Waals surface area contributed by atoms with Crippen LogP contribution in [0.4, 0.5) is 0 Å². The van der Waals surface area contributed by atoms with Crippen LogP contribution >= 0.6 is 0 Å². The predicted molar refractivity (Wildman–Crippen MR) is 58.2 cm³/mol. The first-order valence-electron chi connectivity index (χ1n) is 4.96. The number of hydrogen-bond donors (Lipinski definition) is 1. The molecule has 14 heavy (non-hydrogen) atoms. The molecule has 74 valence electrons. The third-order valence-corrected chi connectivity index (χ3v) is 2.38. The molecule has 0 aliphatic carbocycles. The monoisotopic (exact) mass is 189 g/mol. The number of fused-ring (bicyclic) bond motifs is 1. The fourth-order valence-corrected chi connectivity index (χ4v) is 1.74. The molecule has 3 heteroatoms. The normalized spacial score (nSPS) is 11.0. The summed E-state index contributed by atoms with van der Waals surface area (Å²) in [6.45, 7) is 3.86. The van der Waals surface area contributed by atoms with Crippen LogP contribution in [0.5, 0.6) is 0 Å². The molecule has 1 aromatic carbocycles. The first-order chi connectivity index (χ1) is 6.86. The molecule has 0 aliphatic heterocycles. The molecule has 0 bridgehead atoms. The van der Waals surface area contributed by atoms with Gasteiger partial charge in [-0.25, -0.2) is 0 Å². The number of nitrogens with one attached hydrogen (secondary N) is 1. The third-order valence-electron chi connectivity index (χ3n) is 2.38. The Morgan fingerprint density at radius 1 is 1.36 bits per heavy atom. The second-order valence-corrected chi connectivity index (χ2v) is 3.31. The molecule has 2 rings (SSSR count). The van der Waals surface area contributed by atoms with Crippen molar-refractivity contribution >= 4 is 10.9 Å². The Hall–Kier alpha value is -1.35. The molecule has 0 spiro atoms. The van der Waals surface area contributed by atoms with Gasteiger partial charge in [0.15, 0.2) is 0 Å². The van der Waals surface area contributed by atoms with Gasteiger partial charge in [-0.1, -0.05) is 18.2 Å². The van der Waals surface area contributed by atoms with Crippen molar-refractivity contribution in [3.05, 3.63) is 30.0 Å². The van der Waals surface area contributed by atoms with Gasteiger partial charge < -0.3 is 5.32 Å². The van der Waals surface area contributed by atoms with Crippen LogP contribution in [0.15, 0.2) is 24.3 Å². The van der Waals surface area contributed by atoms with Gasteiger partial charge in [0.2, 0.25) is 0 Å². The maximum Gasteiger partial charge on any atom is 0.0841 e. The molecule has 0 saturated heterocycles. The maximum atomic E-state index is 4.55. The number of aromatic nitrogens is 2. The molecular formula is C11H15N3. The summed E-state index contributed by atoms with van der Waals surface area (Å²) >= 11 is 0. The highest BCUT2D eigenvalue weighted by atomic mass is 15.3. The zero-order valence-corrected chi connectivity index (χ0v) is 8.62. The van der Waals surface area contributed by atoms with Gasteiger partial charge in [-0.3, -0.25) is 4.68 Å². The molecule has 0 atom stereocenters. The quantitative estimate of drug-likeness (QED) is 0.797. The number of nitrogens with zero attached hydrogens (tertiary/aromatic N) is 2. The lowest BCUT2D eigenvalue weighted by Crippen LogP contribution is -2.06. The molecule has 1 aromatic heterocycles. The minimum absolute atomic E-state index is 0.827. The number of rotatable bonds is 3. The summed E-state index contributed by atoms with van der Waals surface area (Å²) in [5.41, 5.74) is 2.35. The van der Waals surface area contributed by atoms with E-state index in [1.54, 1.807) is 0 Å². The number of aryl methyl sites for hydroxylation is 1. The summed E-state index contributed by atoms with van der Waals surface area (Å²) in [5, 5.41) is 8.94. The van der Waals surface area contributed by atoms with E-state index < -0.39 is 0 Å². The third kappa shape index (κ3) is 1.40. The fraction of sp³-hybridized carbons (Fsp3) is 0.364. The molecule has 0 fully saturated rings. The van der Waals surface area contributed by atoms with Crippen LogP contribution in [-0.2, 0) is 13.1 Å². The zero-order valence-electron chi connectivity index (χ0n) is 8.62. The Morgan fingerprint density at radius 2 is 2.14 bits per heavy atom. The van der Waals surface area contributed by atoms with Crippen LogP contribution in [0, 0.1) is 0 Å². The van der Waals surface area contributed by atoms with E-state index in [-0.39, 0.29) is 0 Å². The average Bonchev–Trinajstić information content (AvgIpc) is 2.58. The number of benzene rings is 1. The van der Waals surface area contributed by atoms with Gasteiger partial charge in [-0.15, -0.1) is 0 Å². The first-order valence-corrected chi connectivity index (χ1v) is 4.96. The first kappa shape index (κ1) is 9.21. The van der Waals surface area contributed by atoms with Gasteiger partial charge in [0.25, 0.3) is 0 Å². The second-order valence-electron chi connectivity index (χ2n) is 3.31. The van der Waals surface area contributed by atoms with Crippen molar-refractivity contribution in [2.45, 2.75) is 20.0 Å². The summed E-state index contributed by atoms with van der Waals surface area (Å²) in [4.78, 5) is 0. The van der Waals surface area contributed by atoms with Crippen molar-refractivity contribution in [2.24, 2.45) is 0 Å². The summed E-state index contributed by atoms with van der Waals surface area (Å²) in [6, 6.07) is 8.36. The molecule has 2 aromatic rings. The molecule has 1 N–H and O–H groups in total. The van der Waals surface area contributed by atoms with Gasteiger partial charge in [0.05, 0.1) is 11.2 Å². The van der Waals surface area contributed by atoms with E-state index >= 15 is 0 Å². The Bertz CT molecular complexity index is 431. The highest BCUT2D eigenvalue weighted by molar-refractivity contribution is 5.81. The van der Waals surface area contributed by atoms with E-state index in [9.17, 15) is 0 Å². The second kappa shape index (κ2) is 3.80. The molecular weight excluding hydrogens is 174 g/mol. The zero-order chi connectivity index (χ0) is 9.97. The summed E-state index contributed by atoms with van der Waals surface area (Å²) < 4.78 is 2.04. The van der Waals surface area contributed by atoms with E-state index in [4.69, 9.17) is 0 Å². The smallest absolute Gasteiger partial charge is 0.0841 e. The summed E-state index contributed by atoms with van der Waals surface area (Å²) in [7, 11) is 1.94. The lowest BCUT2D eigenvalue weighted by molar-refractivity contribution is 0.656. The molecule has 0 amide bonds. The predicted octanol–water partition coefficient (Wildman–Crippen LogP) is 1.78. The minimum Gasteiger partial charge on any atom is -0.314 e. The highest BCUT2D eigenvalue weighted by Gasteiger charge is 2.06. The van der Waals surface area contributed by atoms with Crippen LogP contribution in [-0.4, -0.2) is 16.8 Å². The van der Waals surface area contributed by atoms with Crippen molar-refractivity contribution in [3.63, 3.8) is 0 Å². The van der Waals surface area contributed by atoms with Crippen molar-refractivity contribution in [2.75, 3.05) is 7.05 Å². The van der Waals surface area contributed by atoms with Gasteiger partial charge in [-0.05, 0) is 20.0 Å². The van der Waals surface area contributed by atoms with Crippen molar-refractivity contribution in [1.82, 2.24) is 15.1 Å². The molecule has 3 nitrogen and oxygen atoms in total. The SMILES string of the molecule is CCn1nc(CNC)c2ccccc21. The van der Waals surface area contributed by atoms with Gasteiger partial charge in [0, 0.05) is 18.5 Å². The molecule has 1 heterocycles. The lowest BCUT2D eigenvalue weighted by Gasteiger charge is -1.95. The topological polar surface area (TPSA) is 29.9 Å². The van der Waals surface area contributed by atoms with E-state index in [1.165, 1.54) is 10.9 Å². The van der Waals surface area contributed by atoms with E-state index in [0.29, 0.717) is 0 Å². The Kier molecular flexibility index (Phi) is 2.50. The molecule has 0 saturated carbocycles. The fourth-order valence-electron chi connectivity index (χ4n) is 1.74. The van der Waals surface area contributed by atoms with Crippen molar-refractivity contribution in [3.8, 4) is 0 Å². The van der Waals surface area contributed by atoms with Crippen LogP contribution in [0.3, 0.4) is 0 Å². The van der Waals surface area contributed by atoms with Crippen LogP contribution in [0.25, 0.3) is 10.9 Å². The van der Waals surface area contributed by atoms with Crippen LogP contribution in [0.2, 0.25) is 0 Å². The van der Waals surface area contributed by atoms with E-state index in [1.807, 2.05) is 11.7 Å². The van der Waals surface area contributed by atoms with Gasteiger partial charge >= 0.3 is 0 Å². The largest absolute Gasteiger partial charge is 0.314 e. The molecule has 0 aliphatic rings. The number of para-hydroxylation sites is 1. The molecule has 0 radical (unpaired) electrons. The van der Waals surface area contributed by atoms with Crippen LogP contribution < -0.4 is 5.32 Å². The minimum atomic E-state index is 0.827. The maximum absolute atomic E-state index is 4.55. The van der Waals surface area contributed by atoms with Gasteiger partial charge in [-0.2, -0.15) is 5.10 Å². The standard InChI is InChI=1S/C11H15N3/c1-3-14-11-7-5-4-6-9(11)10(13-14)8-12-2/h4-7,12H,3,8H2,1-2H3. The van der Waals surface area contributed by atoms with Crippen LogP contribution in [0.1, 0.15) is 12.6 Å². The van der Waals surface area contributed by atoms with E-state index in [0.717, 1.165) is 18.8 Å².